The average Bonchev–Trinajstić information content (AvgIpc) is 2.50. The topological polar surface area (TPSA) is 42.0 Å². The van der Waals surface area contributed by atoms with Crippen LogP contribution in [-0.2, 0) is 0 Å². The van der Waals surface area contributed by atoms with Crippen molar-refractivity contribution in [1.82, 2.24) is 4.98 Å². The fourth-order valence-electron chi connectivity index (χ4n) is 2.09. The van der Waals surface area contributed by atoms with Crippen molar-refractivity contribution < 1.29 is 9.18 Å². The lowest BCUT2D eigenvalue weighted by Gasteiger charge is -2.08. The summed E-state index contributed by atoms with van der Waals surface area (Å²) in [6.45, 7) is 0. The standard InChI is InChI=1S/C16H10BrFN2O/c17-10-5-8-15(19-9-10)20-16(21)13-6-7-14(18)12-4-2-1-3-11(12)13/h1-9H,(H,19,20,21). The number of amides is 1. The van der Waals surface area contributed by atoms with Crippen molar-refractivity contribution in [2.45, 2.75) is 0 Å². The zero-order valence-electron chi connectivity index (χ0n) is 10.8. The monoisotopic (exact) mass is 344 g/mol. The smallest absolute Gasteiger partial charge is 0.257 e. The molecule has 1 heterocycles. The quantitative estimate of drug-likeness (QED) is 0.749. The Kier molecular flexibility index (Phi) is 3.66. The zero-order chi connectivity index (χ0) is 14.8. The van der Waals surface area contributed by atoms with Gasteiger partial charge in [-0.1, -0.05) is 24.3 Å². The molecule has 1 amide bonds. The van der Waals surface area contributed by atoms with Crippen LogP contribution in [0.3, 0.4) is 0 Å². The number of fused-ring (bicyclic) bond motifs is 1. The predicted octanol–water partition coefficient (Wildman–Crippen LogP) is 4.39. The highest BCUT2D eigenvalue weighted by Crippen LogP contribution is 2.22. The van der Waals surface area contributed by atoms with Gasteiger partial charge in [0.05, 0.1) is 0 Å². The van der Waals surface area contributed by atoms with Crippen LogP contribution >= 0.6 is 15.9 Å². The summed E-state index contributed by atoms with van der Waals surface area (Å²) >= 11 is 3.28. The summed E-state index contributed by atoms with van der Waals surface area (Å²) in [5, 5.41) is 3.70. The molecule has 2 aromatic carbocycles. The summed E-state index contributed by atoms with van der Waals surface area (Å²) in [6, 6.07) is 13.1. The molecule has 3 aromatic rings. The molecule has 1 N–H and O–H groups in total. The van der Waals surface area contributed by atoms with E-state index in [0.717, 1.165) is 4.47 Å². The van der Waals surface area contributed by atoms with Gasteiger partial charge in [-0.25, -0.2) is 9.37 Å². The van der Waals surface area contributed by atoms with Crippen LogP contribution in [0.4, 0.5) is 10.2 Å². The molecule has 0 atom stereocenters. The molecule has 104 valence electrons. The van der Waals surface area contributed by atoms with Crippen LogP contribution in [0.2, 0.25) is 0 Å². The number of aromatic nitrogens is 1. The molecule has 5 heteroatoms. The predicted molar refractivity (Wildman–Crippen MR) is 83.8 cm³/mol. The third-order valence-electron chi connectivity index (χ3n) is 3.08. The summed E-state index contributed by atoms with van der Waals surface area (Å²) in [5.74, 6) is -0.221. The third kappa shape index (κ3) is 2.78. The van der Waals surface area contributed by atoms with Gasteiger partial charge < -0.3 is 5.32 Å². The Balaban J connectivity index is 1.98. The number of hydrogen-bond donors (Lipinski definition) is 1. The van der Waals surface area contributed by atoms with Gasteiger partial charge in [-0.3, -0.25) is 4.79 Å². The first kappa shape index (κ1) is 13.7. The molecule has 0 bridgehead atoms. The maximum absolute atomic E-state index is 13.8. The number of nitrogens with zero attached hydrogens (tertiary/aromatic N) is 1. The molecule has 3 rings (SSSR count). The fourth-order valence-corrected chi connectivity index (χ4v) is 2.33. The van der Waals surface area contributed by atoms with Crippen LogP contribution in [-0.4, -0.2) is 10.9 Å². The lowest BCUT2D eigenvalue weighted by Crippen LogP contribution is -2.13. The molecule has 0 aliphatic heterocycles. The molecule has 0 saturated carbocycles. The number of hydrogen-bond acceptors (Lipinski definition) is 2. The minimum absolute atomic E-state index is 0.318. The number of benzene rings is 2. The SMILES string of the molecule is O=C(Nc1ccc(Br)cn1)c1ccc(F)c2ccccc12. The maximum Gasteiger partial charge on any atom is 0.257 e. The van der Waals surface area contributed by atoms with Crippen molar-refractivity contribution in [2.75, 3.05) is 5.32 Å². The Morgan fingerprint density at radius 3 is 2.52 bits per heavy atom. The first-order valence-electron chi connectivity index (χ1n) is 6.25. The van der Waals surface area contributed by atoms with Gasteiger partial charge in [-0.05, 0) is 45.6 Å². The second-order valence-electron chi connectivity index (χ2n) is 4.46. The summed E-state index contributed by atoms with van der Waals surface area (Å²) in [4.78, 5) is 16.4. The van der Waals surface area contributed by atoms with Crippen molar-refractivity contribution in [3.8, 4) is 0 Å². The van der Waals surface area contributed by atoms with E-state index in [9.17, 15) is 9.18 Å². The van der Waals surface area contributed by atoms with Crippen LogP contribution in [0.1, 0.15) is 10.4 Å². The Morgan fingerprint density at radius 2 is 1.81 bits per heavy atom. The van der Waals surface area contributed by atoms with E-state index in [4.69, 9.17) is 0 Å². The number of nitrogens with one attached hydrogen (secondary N) is 1. The van der Waals surface area contributed by atoms with Gasteiger partial charge in [-0.15, -0.1) is 0 Å². The Bertz CT molecular complexity index is 818. The van der Waals surface area contributed by atoms with Crippen molar-refractivity contribution in [3.63, 3.8) is 0 Å². The molecule has 0 radical (unpaired) electrons. The van der Waals surface area contributed by atoms with Gasteiger partial charge in [0.2, 0.25) is 0 Å². The number of carbonyl (C=O) groups excluding carboxylic acids is 1. The van der Waals surface area contributed by atoms with Crippen LogP contribution in [0.5, 0.6) is 0 Å². The number of carbonyl (C=O) groups is 1. The summed E-state index contributed by atoms with van der Waals surface area (Å²) in [7, 11) is 0. The van der Waals surface area contributed by atoms with Gasteiger partial charge in [0.25, 0.3) is 5.91 Å². The molecule has 0 fully saturated rings. The molecular formula is C16H10BrFN2O. The molecule has 0 aliphatic carbocycles. The zero-order valence-corrected chi connectivity index (χ0v) is 12.4. The van der Waals surface area contributed by atoms with Crippen LogP contribution in [0.15, 0.2) is 59.2 Å². The van der Waals surface area contributed by atoms with Gasteiger partial charge in [0.15, 0.2) is 0 Å². The van der Waals surface area contributed by atoms with Crippen molar-refractivity contribution in [1.29, 1.82) is 0 Å². The van der Waals surface area contributed by atoms with Gasteiger partial charge in [0, 0.05) is 21.6 Å². The minimum atomic E-state index is -0.344. The molecule has 1 aromatic heterocycles. The lowest BCUT2D eigenvalue weighted by molar-refractivity contribution is 0.102. The first-order chi connectivity index (χ1) is 10.1. The second-order valence-corrected chi connectivity index (χ2v) is 5.37. The highest BCUT2D eigenvalue weighted by molar-refractivity contribution is 9.10. The molecule has 0 saturated heterocycles. The number of pyridine rings is 1. The van der Waals surface area contributed by atoms with E-state index < -0.39 is 0 Å². The maximum atomic E-state index is 13.8. The van der Waals surface area contributed by atoms with Crippen LogP contribution < -0.4 is 5.32 Å². The lowest BCUT2D eigenvalue weighted by atomic mass is 10.0. The van der Waals surface area contributed by atoms with Gasteiger partial charge in [0.1, 0.15) is 11.6 Å². The number of rotatable bonds is 2. The van der Waals surface area contributed by atoms with E-state index in [2.05, 4.69) is 26.2 Å². The van der Waals surface area contributed by atoms with Crippen molar-refractivity contribution in [2.24, 2.45) is 0 Å². The third-order valence-corrected chi connectivity index (χ3v) is 3.55. The highest BCUT2D eigenvalue weighted by atomic mass is 79.9. The van der Waals surface area contributed by atoms with Crippen LogP contribution in [0, 0.1) is 5.82 Å². The molecule has 21 heavy (non-hydrogen) atoms. The number of halogens is 2. The van der Waals surface area contributed by atoms with Gasteiger partial charge >= 0.3 is 0 Å². The van der Waals surface area contributed by atoms with Crippen LogP contribution in [0.25, 0.3) is 10.8 Å². The Hall–Kier alpha value is -2.27. The summed E-state index contributed by atoms with van der Waals surface area (Å²) in [5.41, 5.74) is 0.414. The second kappa shape index (κ2) is 5.61. The fraction of sp³-hybridized carbons (Fsp3) is 0. The van der Waals surface area contributed by atoms with Crippen molar-refractivity contribution in [3.05, 3.63) is 70.6 Å². The molecule has 3 nitrogen and oxygen atoms in total. The normalized spacial score (nSPS) is 10.6. The van der Waals surface area contributed by atoms with E-state index in [1.54, 1.807) is 42.6 Å². The number of anilines is 1. The first-order valence-corrected chi connectivity index (χ1v) is 7.04. The van der Waals surface area contributed by atoms with E-state index in [1.807, 2.05) is 0 Å². The van der Waals surface area contributed by atoms with E-state index in [-0.39, 0.29) is 11.7 Å². The van der Waals surface area contributed by atoms with Gasteiger partial charge in [-0.2, -0.15) is 0 Å². The largest absolute Gasteiger partial charge is 0.307 e. The average molecular weight is 345 g/mol. The summed E-state index contributed by atoms with van der Waals surface area (Å²) in [6.07, 6.45) is 1.60. The van der Waals surface area contributed by atoms with E-state index in [0.29, 0.717) is 22.2 Å². The van der Waals surface area contributed by atoms with Crippen molar-refractivity contribution >= 4 is 38.4 Å². The Labute approximate surface area is 128 Å². The molecular weight excluding hydrogens is 335 g/mol. The highest BCUT2D eigenvalue weighted by Gasteiger charge is 2.12. The van der Waals surface area contributed by atoms with E-state index >= 15 is 0 Å². The molecule has 0 aliphatic rings. The Morgan fingerprint density at radius 1 is 1.05 bits per heavy atom. The minimum Gasteiger partial charge on any atom is -0.307 e. The summed E-state index contributed by atoms with van der Waals surface area (Å²) < 4.78 is 14.6. The molecule has 0 unspecified atom stereocenters. The van der Waals surface area contributed by atoms with E-state index in [1.165, 1.54) is 12.1 Å². The molecule has 0 spiro atoms.